The highest BCUT2D eigenvalue weighted by molar-refractivity contribution is 5.92. The lowest BCUT2D eigenvalue weighted by Crippen LogP contribution is -2.34. The molecule has 0 saturated carbocycles. The van der Waals surface area contributed by atoms with Crippen LogP contribution in [-0.4, -0.2) is 43.6 Å². The molecule has 6 rings (SSSR count). The van der Waals surface area contributed by atoms with Crippen LogP contribution in [0.25, 0.3) is 11.1 Å². The van der Waals surface area contributed by atoms with Crippen LogP contribution in [0.4, 0.5) is 0 Å². The number of carbonyl (C=O) groups excluding carboxylic acids is 1. The third-order valence-corrected chi connectivity index (χ3v) is 7.54. The zero-order chi connectivity index (χ0) is 25.4. The molecule has 4 aromatic rings. The van der Waals surface area contributed by atoms with Gasteiger partial charge in [0.25, 0.3) is 5.91 Å². The first kappa shape index (κ1) is 23.6. The molecule has 7 heteroatoms. The summed E-state index contributed by atoms with van der Waals surface area (Å²) in [5, 5.41) is 12.2. The Morgan fingerprint density at radius 3 is 2.62 bits per heavy atom. The summed E-state index contributed by atoms with van der Waals surface area (Å²) in [6, 6.07) is 20.8. The van der Waals surface area contributed by atoms with Gasteiger partial charge in [-0.1, -0.05) is 62.4 Å². The highest BCUT2D eigenvalue weighted by Crippen LogP contribution is 2.37. The fraction of sp³-hybridized carbons (Fsp3) is 0.333. The molecule has 37 heavy (non-hydrogen) atoms. The molecule has 2 aromatic heterocycles. The van der Waals surface area contributed by atoms with Gasteiger partial charge in [0, 0.05) is 38.8 Å². The number of hydrogen-bond donors (Lipinski definition) is 1. The number of rotatable bonds is 6. The van der Waals surface area contributed by atoms with E-state index in [1.807, 2.05) is 12.1 Å². The van der Waals surface area contributed by atoms with Crippen LogP contribution in [0, 0.1) is 5.92 Å². The molecule has 0 spiro atoms. The zero-order valence-corrected chi connectivity index (χ0v) is 21.4. The first-order chi connectivity index (χ1) is 18.1. The van der Waals surface area contributed by atoms with E-state index in [9.17, 15) is 4.79 Å². The smallest absolute Gasteiger partial charge is 0.270 e. The van der Waals surface area contributed by atoms with Gasteiger partial charge in [-0.05, 0) is 52.3 Å². The normalized spacial score (nSPS) is 15.5. The van der Waals surface area contributed by atoms with E-state index in [1.165, 1.54) is 27.8 Å². The van der Waals surface area contributed by atoms with Crippen LogP contribution in [-0.2, 0) is 25.9 Å². The third-order valence-electron chi connectivity index (χ3n) is 7.54. The van der Waals surface area contributed by atoms with Crippen LogP contribution in [0.2, 0.25) is 0 Å². The molecule has 1 aliphatic heterocycles. The summed E-state index contributed by atoms with van der Waals surface area (Å²) < 4.78 is 2.21. The number of aromatic nitrogens is 4. The van der Waals surface area contributed by atoms with Gasteiger partial charge >= 0.3 is 0 Å². The molecule has 2 aliphatic rings. The van der Waals surface area contributed by atoms with E-state index in [0.717, 1.165) is 50.7 Å². The van der Waals surface area contributed by atoms with Crippen LogP contribution in [0.1, 0.15) is 58.7 Å². The molecule has 7 nitrogen and oxygen atoms in total. The number of nitrogens with zero attached hydrogens (tertiary/aromatic N) is 5. The maximum absolute atomic E-state index is 12.9. The van der Waals surface area contributed by atoms with Crippen LogP contribution in [0.3, 0.4) is 0 Å². The van der Waals surface area contributed by atoms with E-state index in [2.05, 4.69) is 86.3 Å². The van der Waals surface area contributed by atoms with Crippen molar-refractivity contribution in [3.05, 3.63) is 101 Å². The minimum absolute atomic E-state index is 0.163. The minimum atomic E-state index is -0.236. The van der Waals surface area contributed by atoms with Gasteiger partial charge in [-0.25, -0.2) is 0 Å². The van der Waals surface area contributed by atoms with Crippen molar-refractivity contribution in [2.45, 2.75) is 45.8 Å². The van der Waals surface area contributed by atoms with Crippen molar-refractivity contribution in [3.63, 3.8) is 0 Å². The average molecular weight is 493 g/mol. The number of amides is 1. The minimum Gasteiger partial charge on any atom is -0.340 e. The summed E-state index contributed by atoms with van der Waals surface area (Å²) in [4.78, 5) is 19.6. The van der Waals surface area contributed by atoms with Crippen molar-refractivity contribution in [3.8, 4) is 11.1 Å². The fourth-order valence-corrected chi connectivity index (χ4v) is 5.57. The van der Waals surface area contributed by atoms with Crippen LogP contribution >= 0.6 is 0 Å². The van der Waals surface area contributed by atoms with E-state index in [-0.39, 0.29) is 17.9 Å². The van der Waals surface area contributed by atoms with Crippen molar-refractivity contribution >= 4 is 5.91 Å². The summed E-state index contributed by atoms with van der Waals surface area (Å²) in [6.07, 6.45) is 3.49. The van der Waals surface area contributed by atoms with Crippen molar-refractivity contribution in [2.24, 2.45) is 5.92 Å². The monoisotopic (exact) mass is 492 g/mol. The molecular formula is C30H32N6O. The van der Waals surface area contributed by atoms with Gasteiger partial charge in [0.05, 0.1) is 6.04 Å². The van der Waals surface area contributed by atoms with Crippen LogP contribution < -0.4 is 5.32 Å². The lowest BCUT2D eigenvalue weighted by Gasteiger charge is -2.23. The quantitative estimate of drug-likeness (QED) is 0.380. The second kappa shape index (κ2) is 9.90. The largest absolute Gasteiger partial charge is 0.340 e. The van der Waals surface area contributed by atoms with Gasteiger partial charge < -0.3 is 9.88 Å². The Balaban J connectivity index is 1.15. The standard InChI is InChI=1S/C30H32N6O/c1-20(2)28(32-30(37)26-9-5-6-13-31-26)29-34-33-27-12-14-35(15-16-36(27)29)19-21-10-11-25-23(17-21)18-22-7-3-4-8-24(22)25/h3-11,13,17,20,28H,12,14-16,18-19H2,1-2H3,(H,32,37). The number of pyridine rings is 1. The van der Waals surface area contributed by atoms with Crippen molar-refractivity contribution < 1.29 is 4.79 Å². The summed E-state index contributed by atoms with van der Waals surface area (Å²) in [6.45, 7) is 7.76. The van der Waals surface area contributed by atoms with Crippen LogP contribution in [0.5, 0.6) is 0 Å². The summed E-state index contributed by atoms with van der Waals surface area (Å²) >= 11 is 0. The van der Waals surface area contributed by atoms with Crippen molar-refractivity contribution in [2.75, 3.05) is 13.1 Å². The van der Waals surface area contributed by atoms with E-state index >= 15 is 0 Å². The number of carbonyl (C=O) groups is 1. The molecular weight excluding hydrogens is 460 g/mol. The van der Waals surface area contributed by atoms with Gasteiger partial charge in [0.1, 0.15) is 11.5 Å². The van der Waals surface area contributed by atoms with E-state index in [1.54, 1.807) is 12.3 Å². The fourth-order valence-electron chi connectivity index (χ4n) is 5.57. The Kier molecular flexibility index (Phi) is 6.30. The first-order valence-electron chi connectivity index (χ1n) is 13.1. The predicted molar refractivity (Wildman–Crippen MR) is 143 cm³/mol. The number of nitrogens with one attached hydrogen (secondary N) is 1. The molecule has 1 N–H and O–H groups in total. The van der Waals surface area contributed by atoms with Gasteiger partial charge in [-0.15, -0.1) is 10.2 Å². The van der Waals surface area contributed by atoms with Gasteiger partial charge in [0.15, 0.2) is 5.82 Å². The molecule has 1 atom stereocenters. The third kappa shape index (κ3) is 4.67. The topological polar surface area (TPSA) is 75.9 Å². The zero-order valence-electron chi connectivity index (χ0n) is 21.4. The Hall–Kier alpha value is -3.84. The van der Waals surface area contributed by atoms with E-state index in [4.69, 9.17) is 0 Å². The van der Waals surface area contributed by atoms with Gasteiger partial charge in [-0.3, -0.25) is 14.7 Å². The maximum Gasteiger partial charge on any atom is 0.270 e. The first-order valence-corrected chi connectivity index (χ1v) is 13.1. The molecule has 1 unspecified atom stereocenters. The van der Waals surface area contributed by atoms with E-state index in [0.29, 0.717) is 5.69 Å². The SMILES string of the molecule is CC(C)C(NC(=O)c1ccccn1)c1nnc2n1CCN(Cc1ccc3c(c1)Cc1ccccc1-3)CC2. The molecule has 2 aromatic carbocycles. The second-order valence-electron chi connectivity index (χ2n) is 10.4. The molecule has 0 fully saturated rings. The number of hydrogen-bond acceptors (Lipinski definition) is 5. The highest BCUT2D eigenvalue weighted by atomic mass is 16.2. The summed E-state index contributed by atoms with van der Waals surface area (Å²) in [7, 11) is 0. The van der Waals surface area contributed by atoms with Crippen molar-refractivity contribution in [1.82, 2.24) is 30.0 Å². The molecule has 188 valence electrons. The Morgan fingerprint density at radius 2 is 1.78 bits per heavy atom. The Morgan fingerprint density at radius 1 is 0.946 bits per heavy atom. The molecule has 3 heterocycles. The molecule has 1 aliphatic carbocycles. The lowest BCUT2D eigenvalue weighted by atomic mass is 10.0. The molecule has 0 bridgehead atoms. The van der Waals surface area contributed by atoms with Crippen LogP contribution in [0.15, 0.2) is 66.9 Å². The lowest BCUT2D eigenvalue weighted by molar-refractivity contribution is 0.0916. The van der Waals surface area contributed by atoms with E-state index < -0.39 is 0 Å². The average Bonchev–Trinajstić information content (AvgIpc) is 3.43. The number of benzene rings is 2. The second-order valence-corrected chi connectivity index (χ2v) is 10.4. The number of fused-ring (bicyclic) bond motifs is 4. The molecule has 1 amide bonds. The molecule has 0 saturated heterocycles. The Bertz CT molecular complexity index is 1430. The summed E-state index contributed by atoms with van der Waals surface area (Å²) in [5.74, 6) is 1.78. The highest BCUT2D eigenvalue weighted by Gasteiger charge is 2.28. The molecule has 0 radical (unpaired) electrons. The van der Waals surface area contributed by atoms with Gasteiger partial charge in [-0.2, -0.15) is 0 Å². The summed E-state index contributed by atoms with van der Waals surface area (Å²) in [5.41, 5.74) is 7.36. The van der Waals surface area contributed by atoms with Gasteiger partial charge in [0.2, 0.25) is 0 Å². The maximum atomic E-state index is 12.9. The Labute approximate surface area is 217 Å². The predicted octanol–water partition coefficient (Wildman–Crippen LogP) is 4.43. The van der Waals surface area contributed by atoms with Crippen molar-refractivity contribution in [1.29, 1.82) is 0 Å².